The van der Waals surface area contributed by atoms with Crippen molar-refractivity contribution in [2.45, 2.75) is 37.5 Å². The SMILES string of the molecule is [N-]=[N+]=NC1CCN(C(CCc2ccccc2)c2ccccc2)CC1O. The Morgan fingerprint density at radius 1 is 1.12 bits per heavy atom. The average molecular weight is 336 g/mol. The second-order valence-electron chi connectivity index (χ2n) is 6.57. The number of piperidine rings is 1. The molecule has 1 N–H and O–H groups in total. The summed E-state index contributed by atoms with van der Waals surface area (Å²) >= 11 is 0. The van der Waals surface area contributed by atoms with Crippen LogP contribution in [0.15, 0.2) is 65.8 Å². The smallest absolute Gasteiger partial charge is 0.0752 e. The third kappa shape index (κ3) is 4.60. The predicted octanol–water partition coefficient (Wildman–Crippen LogP) is 4.11. The highest BCUT2D eigenvalue weighted by Gasteiger charge is 2.31. The van der Waals surface area contributed by atoms with Crippen LogP contribution in [0.3, 0.4) is 0 Å². The van der Waals surface area contributed by atoms with E-state index in [2.05, 4.69) is 63.5 Å². The van der Waals surface area contributed by atoms with Crippen LogP contribution < -0.4 is 0 Å². The van der Waals surface area contributed by atoms with Crippen molar-refractivity contribution in [3.8, 4) is 0 Å². The van der Waals surface area contributed by atoms with Gasteiger partial charge < -0.3 is 5.11 Å². The number of rotatable bonds is 6. The van der Waals surface area contributed by atoms with Gasteiger partial charge in [0.1, 0.15) is 0 Å². The topological polar surface area (TPSA) is 72.2 Å². The largest absolute Gasteiger partial charge is 0.391 e. The minimum Gasteiger partial charge on any atom is -0.391 e. The Morgan fingerprint density at radius 3 is 2.44 bits per heavy atom. The maximum absolute atomic E-state index is 10.3. The van der Waals surface area contributed by atoms with E-state index in [9.17, 15) is 5.11 Å². The number of β-amino-alcohol motifs (C(OH)–C–C–N with tert-alkyl or cyclic N) is 1. The van der Waals surface area contributed by atoms with Crippen LogP contribution in [0, 0.1) is 0 Å². The van der Waals surface area contributed by atoms with Crippen molar-refractivity contribution in [1.82, 2.24) is 4.90 Å². The molecule has 1 aliphatic heterocycles. The Hall–Kier alpha value is -2.33. The van der Waals surface area contributed by atoms with E-state index in [-0.39, 0.29) is 12.1 Å². The van der Waals surface area contributed by atoms with Crippen molar-refractivity contribution in [1.29, 1.82) is 0 Å². The number of azide groups is 1. The molecule has 25 heavy (non-hydrogen) atoms. The zero-order valence-electron chi connectivity index (χ0n) is 14.3. The molecular weight excluding hydrogens is 312 g/mol. The summed E-state index contributed by atoms with van der Waals surface area (Å²) in [6.07, 6.45) is 2.08. The summed E-state index contributed by atoms with van der Waals surface area (Å²) in [6, 6.07) is 20.9. The molecule has 3 rings (SSSR count). The van der Waals surface area contributed by atoms with Gasteiger partial charge in [-0.2, -0.15) is 0 Å². The number of hydrogen-bond acceptors (Lipinski definition) is 3. The summed E-state index contributed by atoms with van der Waals surface area (Å²) in [6.45, 7) is 1.37. The number of aliphatic hydroxyl groups excluding tert-OH is 1. The lowest BCUT2D eigenvalue weighted by Crippen LogP contribution is -2.47. The van der Waals surface area contributed by atoms with Gasteiger partial charge in [0, 0.05) is 17.5 Å². The van der Waals surface area contributed by atoms with Gasteiger partial charge in [-0.05, 0) is 42.5 Å². The molecule has 2 aromatic rings. The zero-order valence-corrected chi connectivity index (χ0v) is 14.3. The van der Waals surface area contributed by atoms with Gasteiger partial charge in [-0.25, -0.2) is 0 Å². The molecule has 2 aromatic carbocycles. The summed E-state index contributed by atoms with van der Waals surface area (Å²) in [4.78, 5) is 5.19. The molecule has 1 heterocycles. The van der Waals surface area contributed by atoms with E-state index in [0.29, 0.717) is 13.0 Å². The van der Waals surface area contributed by atoms with Crippen LogP contribution in [0.25, 0.3) is 10.4 Å². The summed E-state index contributed by atoms with van der Waals surface area (Å²) in [5.74, 6) is 0. The molecule has 0 bridgehead atoms. The number of benzene rings is 2. The van der Waals surface area contributed by atoms with Crippen LogP contribution in [-0.2, 0) is 6.42 Å². The summed E-state index contributed by atoms with van der Waals surface area (Å²) in [5.41, 5.74) is 11.2. The van der Waals surface area contributed by atoms with Gasteiger partial charge in [0.15, 0.2) is 0 Å². The number of aryl methyl sites for hydroxylation is 1. The van der Waals surface area contributed by atoms with Crippen molar-refractivity contribution in [2.24, 2.45) is 5.11 Å². The molecular formula is C20H24N4O. The molecule has 0 saturated carbocycles. The molecule has 130 valence electrons. The van der Waals surface area contributed by atoms with Crippen LogP contribution in [0.5, 0.6) is 0 Å². The predicted molar refractivity (Wildman–Crippen MR) is 99.1 cm³/mol. The van der Waals surface area contributed by atoms with Gasteiger partial charge in [-0.3, -0.25) is 4.90 Å². The second kappa shape index (κ2) is 8.67. The molecule has 5 heteroatoms. The molecule has 1 fully saturated rings. The Morgan fingerprint density at radius 2 is 1.80 bits per heavy atom. The van der Waals surface area contributed by atoms with Crippen LogP contribution >= 0.6 is 0 Å². The average Bonchev–Trinajstić information content (AvgIpc) is 2.66. The van der Waals surface area contributed by atoms with Crippen molar-refractivity contribution >= 4 is 0 Å². The number of likely N-dealkylation sites (tertiary alicyclic amines) is 1. The number of hydrogen-bond donors (Lipinski definition) is 1. The van der Waals surface area contributed by atoms with E-state index in [0.717, 1.165) is 19.4 Å². The van der Waals surface area contributed by atoms with Crippen molar-refractivity contribution < 1.29 is 5.11 Å². The van der Waals surface area contributed by atoms with Gasteiger partial charge in [-0.1, -0.05) is 65.8 Å². The van der Waals surface area contributed by atoms with E-state index in [1.54, 1.807) is 0 Å². The second-order valence-corrected chi connectivity index (χ2v) is 6.57. The number of nitrogens with zero attached hydrogens (tertiary/aromatic N) is 4. The van der Waals surface area contributed by atoms with Crippen LogP contribution in [-0.4, -0.2) is 35.2 Å². The van der Waals surface area contributed by atoms with E-state index in [1.165, 1.54) is 11.1 Å². The summed E-state index contributed by atoms with van der Waals surface area (Å²) < 4.78 is 0. The van der Waals surface area contributed by atoms with E-state index < -0.39 is 6.10 Å². The van der Waals surface area contributed by atoms with Gasteiger partial charge in [0.25, 0.3) is 0 Å². The maximum Gasteiger partial charge on any atom is 0.0752 e. The Bertz CT molecular complexity index is 700. The minimum atomic E-state index is -0.604. The highest BCUT2D eigenvalue weighted by Crippen LogP contribution is 2.29. The third-order valence-corrected chi connectivity index (χ3v) is 4.95. The van der Waals surface area contributed by atoms with E-state index >= 15 is 0 Å². The lowest BCUT2D eigenvalue weighted by atomic mass is 9.94. The highest BCUT2D eigenvalue weighted by molar-refractivity contribution is 5.21. The molecule has 0 amide bonds. The lowest BCUT2D eigenvalue weighted by Gasteiger charge is -2.39. The van der Waals surface area contributed by atoms with E-state index in [4.69, 9.17) is 5.53 Å². The molecule has 3 unspecified atom stereocenters. The quantitative estimate of drug-likeness (QED) is 0.490. The minimum absolute atomic E-state index is 0.253. The Kier molecular flexibility index (Phi) is 6.07. The molecule has 0 aliphatic carbocycles. The fraction of sp³-hybridized carbons (Fsp3) is 0.400. The molecule has 0 aromatic heterocycles. The first kappa shape index (κ1) is 17.5. The van der Waals surface area contributed by atoms with Crippen molar-refractivity contribution in [3.63, 3.8) is 0 Å². The fourth-order valence-corrected chi connectivity index (χ4v) is 3.61. The van der Waals surface area contributed by atoms with Gasteiger partial charge in [-0.15, -0.1) is 0 Å². The van der Waals surface area contributed by atoms with Crippen molar-refractivity contribution in [2.75, 3.05) is 13.1 Å². The molecule has 0 radical (unpaired) electrons. The molecule has 1 saturated heterocycles. The molecule has 0 spiro atoms. The molecule has 3 atom stereocenters. The maximum atomic E-state index is 10.3. The van der Waals surface area contributed by atoms with Gasteiger partial charge in [0.2, 0.25) is 0 Å². The standard InChI is InChI=1S/C20H24N4O/c21-23-22-18-13-14-24(15-20(18)25)19(17-9-5-2-6-10-17)12-11-16-7-3-1-4-8-16/h1-10,18-20,25H,11-15H2. The first-order chi connectivity index (χ1) is 12.3. The van der Waals surface area contributed by atoms with Crippen molar-refractivity contribution in [3.05, 3.63) is 82.2 Å². The van der Waals surface area contributed by atoms with E-state index in [1.807, 2.05) is 12.1 Å². The summed E-state index contributed by atoms with van der Waals surface area (Å²) in [7, 11) is 0. The molecule has 1 aliphatic rings. The monoisotopic (exact) mass is 336 g/mol. The highest BCUT2D eigenvalue weighted by atomic mass is 16.3. The Balaban J connectivity index is 1.74. The number of aliphatic hydroxyl groups is 1. The Labute approximate surface area is 148 Å². The zero-order chi connectivity index (χ0) is 17.5. The normalized spacial score (nSPS) is 22.1. The van der Waals surface area contributed by atoms with Crippen LogP contribution in [0.4, 0.5) is 0 Å². The molecule has 5 nitrogen and oxygen atoms in total. The summed E-state index contributed by atoms with van der Waals surface area (Å²) in [5, 5.41) is 14.1. The first-order valence-corrected chi connectivity index (χ1v) is 8.83. The van der Waals surface area contributed by atoms with Gasteiger partial charge >= 0.3 is 0 Å². The lowest BCUT2D eigenvalue weighted by molar-refractivity contribution is 0.0293. The van der Waals surface area contributed by atoms with Crippen LogP contribution in [0.1, 0.15) is 30.0 Å². The van der Waals surface area contributed by atoms with Gasteiger partial charge in [0.05, 0.1) is 12.1 Å². The first-order valence-electron chi connectivity index (χ1n) is 8.83. The third-order valence-electron chi connectivity index (χ3n) is 4.95. The van der Waals surface area contributed by atoms with Crippen LogP contribution in [0.2, 0.25) is 0 Å². The fourth-order valence-electron chi connectivity index (χ4n) is 3.61.